The Bertz CT molecular complexity index is 373. The molecule has 0 aliphatic heterocycles. The normalized spacial score (nSPS) is 10.3. The van der Waals surface area contributed by atoms with Crippen molar-refractivity contribution in [2.45, 2.75) is 13.5 Å². The molecule has 0 fully saturated rings. The van der Waals surface area contributed by atoms with Crippen molar-refractivity contribution in [3.63, 3.8) is 0 Å². The molecular formula is C11H12ClFN2. The van der Waals surface area contributed by atoms with E-state index in [2.05, 4.69) is 6.07 Å². The maximum absolute atomic E-state index is 12.9. The highest BCUT2D eigenvalue weighted by Gasteiger charge is 2.07. The third-order valence-electron chi connectivity index (χ3n) is 2.14. The van der Waals surface area contributed by atoms with Crippen molar-refractivity contribution < 1.29 is 4.39 Å². The smallest absolute Gasteiger partial charge is 0.123 e. The summed E-state index contributed by atoms with van der Waals surface area (Å²) in [6.45, 7) is 3.51. The molecule has 1 aromatic carbocycles. The van der Waals surface area contributed by atoms with Gasteiger partial charge in [0.15, 0.2) is 0 Å². The molecule has 0 bridgehead atoms. The summed E-state index contributed by atoms with van der Waals surface area (Å²) in [4.78, 5) is 1.89. The first-order valence-electron chi connectivity index (χ1n) is 4.70. The van der Waals surface area contributed by atoms with Crippen molar-refractivity contribution >= 4 is 11.6 Å². The molecule has 1 rings (SSSR count). The highest BCUT2D eigenvalue weighted by atomic mass is 35.5. The molecule has 2 nitrogen and oxygen atoms in total. The number of nitriles is 1. The second kappa shape index (κ2) is 5.69. The standard InChI is InChI=1S/C11H12ClFN2/c1-2-15(6-5-14)8-9-7-10(13)3-4-11(9)12/h3-4,7H,2,6,8H2,1H3. The quantitative estimate of drug-likeness (QED) is 0.739. The molecule has 0 spiro atoms. The zero-order valence-electron chi connectivity index (χ0n) is 8.50. The molecule has 0 aliphatic rings. The second-order valence-electron chi connectivity index (χ2n) is 3.20. The van der Waals surface area contributed by atoms with Crippen LogP contribution in [0.3, 0.4) is 0 Å². The molecule has 0 aliphatic carbocycles. The maximum Gasteiger partial charge on any atom is 0.123 e. The van der Waals surface area contributed by atoms with Crippen LogP contribution in [0.4, 0.5) is 4.39 Å². The highest BCUT2D eigenvalue weighted by molar-refractivity contribution is 6.31. The largest absolute Gasteiger partial charge is 0.286 e. The van der Waals surface area contributed by atoms with Gasteiger partial charge in [-0.15, -0.1) is 0 Å². The van der Waals surface area contributed by atoms with Gasteiger partial charge in [-0.2, -0.15) is 5.26 Å². The minimum absolute atomic E-state index is 0.303. The first-order valence-corrected chi connectivity index (χ1v) is 5.08. The Balaban J connectivity index is 2.78. The summed E-state index contributed by atoms with van der Waals surface area (Å²) in [5, 5.41) is 9.11. The van der Waals surface area contributed by atoms with Crippen molar-refractivity contribution in [2.24, 2.45) is 0 Å². The topological polar surface area (TPSA) is 27.0 Å². The minimum Gasteiger partial charge on any atom is -0.286 e. The number of nitrogens with zero attached hydrogens (tertiary/aromatic N) is 2. The predicted molar refractivity (Wildman–Crippen MR) is 58.0 cm³/mol. The summed E-state index contributed by atoms with van der Waals surface area (Å²) in [6.07, 6.45) is 0. The lowest BCUT2D eigenvalue weighted by Crippen LogP contribution is -2.23. The zero-order valence-corrected chi connectivity index (χ0v) is 9.26. The Kier molecular flexibility index (Phi) is 4.54. The zero-order chi connectivity index (χ0) is 11.3. The molecular weight excluding hydrogens is 215 g/mol. The van der Waals surface area contributed by atoms with Crippen molar-refractivity contribution in [3.05, 3.63) is 34.6 Å². The van der Waals surface area contributed by atoms with Crippen LogP contribution in [0.1, 0.15) is 12.5 Å². The van der Waals surface area contributed by atoms with Crippen molar-refractivity contribution in [1.82, 2.24) is 4.90 Å². The van der Waals surface area contributed by atoms with E-state index in [1.54, 1.807) is 0 Å². The number of hydrogen-bond acceptors (Lipinski definition) is 2. The SMILES string of the molecule is CCN(CC#N)Cc1cc(F)ccc1Cl. The Morgan fingerprint density at radius 1 is 1.53 bits per heavy atom. The molecule has 4 heteroatoms. The van der Waals surface area contributed by atoms with E-state index in [9.17, 15) is 4.39 Å². The van der Waals surface area contributed by atoms with Crippen LogP contribution in [0.5, 0.6) is 0 Å². The Hall–Kier alpha value is -1.11. The van der Waals surface area contributed by atoms with Crippen LogP contribution in [-0.4, -0.2) is 18.0 Å². The molecule has 0 amide bonds. The Morgan fingerprint density at radius 3 is 2.87 bits per heavy atom. The van der Waals surface area contributed by atoms with E-state index < -0.39 is 0 Å². The first kappa shape index (κ1) is 12.0. The average Bonchev–Trinajstić information content (AvgIpc) is 2.22. The molecule has 1 aromatic rings. The van der Waals surface area contributed by atoms with Gasteiger partial charge in [0.05, 0.1) is 12.6 Å². The second-order valence-corrected chi connectivity index (χ2v) is 3.60. The first-order chi connectivity index (χ1) is 7.17. The summed E-state index contributed by atoms with van der Waals surface area (Å²) < 4.78 is 12.9. The third kappa shape index (κ3) is 3.50. The van der Waals surface area contributed by atoms with E-state index in [1.165, 1.54) is 18.2 Å². The summed E-state index contributed by atoms with van der Waals surface area (Å²) in [5.74, 6) is -0.303. The van der Waals surface area contributed by atoms with E-state index in [1.807, 2.05) is 11.8 Å². The number of hydrogen-bond donors (Lipinski definition) is 0. The van der Waals surface area contributed by atoms with Crippen LogP contribution < -0.4 is 0 Å². The molecule has 0 aromatic heterocycles. The van der Waals surface area contributed by atoms with Crippen LogP contribution in [0.25, 0.3) is 0 Å². The van der Waals surface area contributed by atoms with E-state index in [4.69, 9.17) is 16.9 Å². The monoisotopic (exact) mass is 226 g/mol. The maximum atomic E-state index is 12.9. The third-order valence-corrected chi connectivity index (χ3v) is 2.51. The number of rotatable bonds is 4. The summed E-state index contributed by atoms with van der Waals surface area (Å²) in [6, 6.07) is 6.33. The fourth-order valence-corrected chi connectivity index (χ4v) is 1.46. The van der Waals surface area contributed by atoms with Crippen LogP contribution in [-0.2, 0) is 6.54 Å². The van der Waals surface area contributed by atoms with Gasteiger partial charge in [-0.25, -0.2) is 4.39 Å². The average molecular weight is 227 g/mol. The fourth-order valence-electron chi connectivity index (χ4n) is 1.28. The van der Waals surface area contributed by atoms with Crippen LogP contribution in [0, 0.1) is 17.1 Å². The van der Waals surface area contributed by atoms with Crippen molar-refractivity contribution in [3.8, 4) is 6.07 Å². The van der Waals surface area contributed by atoms with E-state index >= 15 is 0 Å². The van der Waals surface area contributed by atoms with E-state index in [0.29, 0.717) is 23.7 Å². The van der Waals surface area contributed by atoms with Gasteiger partial charge in [0.1, 0.15) is 5.82 Å². The van der Waals surface area contributed by atoms with Crippen LogP contribution in [0.2, 0.25) is 5.02 Å². The fraction of sp³-hybridized carbons (Fsp3) is 0.364. The number of halogens is 2. The lowest BCUT2D eigenvalue weighted by Gasteiger charge is -2.17. The molecule has 15 heavy (non-hydrogen) atoms. The van der Waals surface area contributed by atoms with Gasteiger partial charge < -0.3 is 0 Å². The van der Waals surface area contributed by atoms with E-state index in [-0.39, 0.29) is 5.82 Å². The van der Waals surface area contributed by atoms with Gasteiger partial charge >= 0.3 is 0 Å². The van der Waals surface area contributed by atoms with E-state index in [0.717, 1.165) is 6.54 Å². The molecule has 80 valence electrons. The summed E-state index contributed by atoms with van der Waals surface area (Å²) in [7, 11) is 0. The Morgan fingerprint density at radius 2 is 2.27 bits per heavy atom. The van der Waals surface area contributed by atoms with Gasteiger partial charge in [0.2, 0.25) is 0 Å². The predicted octanol–water partition coefficient (Wildman–Crippen LogP) is 2.82. The summed E-state index contributed by atoms with van der Waals surface area (Å²) in [5.41, 5.74) is 0.716. The number of benzene rings is 1. The van der Waals surface area contributed by atoms with Gasteiger partial charge in [0, 0.05) is 11.6 Å². The highest BCUT2D eigenvalue weighted by Crippen LogP contribution is 2.18. The Labute approximate surface area is 93.9 Å². The summed E-state index contributed by atoms with van der Waals surface area (Å²) >= 11 is 5.92. The lowest BCUT2D eigenvalue weighted by molar-refractivity contribution is 0.314. The van der Waals surface area contributed by atoms with Crippen molar-refractivity contribution in [1.29, 1.82) is 5.26 Å². The van der Waals surface area contributed by atoms with Crippen LogP contribution >= 0.6 is 11.6 Å². The molecule has 0 saturated heterocycles. The van der Waals surface area contributed by atoms with Gasteiger partial charge in [0.25, 0.3) is 0 Å². The lowest BCUT2D eigenvalue weighted by atomic mass is 10.2. The molecule has 0 radical (unpaired) electrons. The van der Waals surface area contributed by atoms with Gasteiger partial charge in [-0.05, 0) is 30.3 Å². The molecule has 0 N–H and O–H groups in total. The van der Waals surface area contributed by atoms with Gasteiger partial charge in [-0.3, -0.25) is 4.90 Å². The van der Waals surface area contributed by atoms with Gasteiger partial charge in [-0.1, -0.05) is 18.5 Å². The molecule has 0 unspecified atom stereocenters. The van der Waals surface area contributed by atoms with Crippen LogP contribution in [0.15, 0.2) is 18.2 Å². The minimum atomic E-state index is -0.303. The molecule has 0 saturated carbocycles. The van der Waals surface area contributed by atoms with Crippen molar-refractivity contribution in [2.75, 3.05) is 13.1 Å². The molecule has 0 atom stereocenters. The molecule has 0 heterocycles.